The normalized spacial score (nSPS) is 22.5. The lowest BCUT2D eigenvalue weighted by Gasteiger charge is -2.31. The zero-order valence-corrected chi connectivity index (χ0v) is 12.5. The van der Waals surface area contributed by atoms with Crippen molar-refractivity contribution < 1.29 is 5.11 Å². The van der Waals surface area contributed by atoms with Crippen molar-refractivity contribution in [3.8, 4) is 0 Å². The minimum Gasteiger partial charge on any atom is -0.385 e. The van der Waals surface area contributed by atoms with Crippen LogP contribution < -0.4 is 5.32 Å². The maximum atomic E-state index is 10.8. The summed E-state index contributed by atoms with van der Waals surface area (Å²) in [6.45, 7) is 7.28. The van der Waals surface area contributed by atoms with Crippen LogP contribution in [0, 0.1) is 0 Å². The van der Waals surface area contributed by atoms with Crippen molar-refractivity contribution in [3.05, 3.63) is 34.9 Å². The Balaban J connectivity index is 1.64. The maximum absolute atomic E-state index is 10.8. The zero-order chi connectivity index (χ0) is 14.0. The molecule has 1 fully saturated rings. The minimum atomic E-state index is -0.706. The van der Waals surface area contributed by atoms with Crippen LogP contribution in [0.15, 0.2) is 18.2 Å². The monoisotopic (exact) mass is 274 g/mol. The van der Waals surface area contributed by atoms with Gasteiger partial charge in [-0.2, -0.15) is 0 Å². The molecular formula is C17H26N2O. The first kappa shape index (κ1) is 14.1. The Morgan fingerprint density at radius 3 is 2.75 bits per heavy atom. The van der Waals surface area contributed by atoms with Crippen LogP contribution in [0.25, 0.3) is 0 Å². The molecule has 1 aromatic carbocycles. The smallest absolute Gasteiger partial charge is 0.0880 e. The van der Waals surface area contributed by atoms with Crippen LogP contribution in [0.5, 0.6) is 0 Å². The molecule has 3 heteroatoms. The highest BCUT2D eigenvalue weighted by Gasteiger charge is 2.25. The Morgan fingerprint density at radius 1 is 1.20 bits per heavy atom. The van der Waals surface area contributed by atoms with E-state index in [2.05, 4.69) is 28.4 Å². The van der Waals surface area contributed by atoms with Crippen LogP contribution in [0.2, 0.25) is 0 Å². The molecule has 1 unspecified atom stereocenters. The second kappa shape index (κ2) is 5.84. The van der Waals surface area contributed by atoms with Crippen LogP contribution >= 0.6 is 0 Å². The molecule has 20 heavy (non-hydrogen) atoms. The number of hydrogen-bond acceptors (Lipinski definition) is 3. The summed E-state index contributed by atoms with van der Waals surface area (Å²) in [5, 5.41) is 14.2. The first-order valence-corrected chi connectivity index (χ1v) is 7.93. The summed E-state index contributed by atoms with van der Waals surface area (Å²) in [6.07, 6.45) is 4.46. The van der Waals surface area contributed by atoms with Gasteiger partial charge in [0.15, 0.2) is 0 Å². The minimum absolute atomic E-state index is 0.706. The number of nitrogens with zero attached hydrogens (tertiary/aromatic N) is 1. The number of aliphatic hydroxyl groups is 1. The maximum Gasteiger partial charge on any atom is 0.0880 e. The van der Waals surface area contributed by atoms with E-state index in [-0.39, 0.29) is 0 Å². The fourth-order valence-electron chi connectivity index (χ4n) is 3.36. The second-order valence-corrected chi connectivity index (χ2v) is 6.45. The predicted octanol–water partition coefficient (Wildman–Crippen LogP) is 1.68. The molecule has 0 bridgehead atoms. The van der Waals surface area contributed by atoms with E-state index < -0.39 is 5.60 Å². The van der Waals surface area contributed by atoms with E-state index in [0.717, 1.165) is 44.7 Å². The third-order valence-electron chi connectivity index (χ3n) is 4.84. The summed E-state index contributed by atoms with van der Waals surface area (Å²) < 4.78 is 0. The van der Waals surface area contributed by atoms with Crippen molar-refractivity contribution in [2.75, 3.05) is 32.7 Å². The van der Waals surface area contributed by atoms with E-state index in [0.29, 0.717) is 0 Å². The zero-order valence-electron chi connectivity index (χ0n) is 12.5. The molecular weight excluding hydrogens is 248 g/mol. The Bertz CT molecular complexity index is 464. The van der Waals surface area contributed by atoms with Crippen LogP contribution in [0.3, 0.4) is 0 Å². The summed E-state index contributed by atoms with van der Waals surface area (Å²) in [5.41, 5.74) is 3.31. The number of fused-ring (bicyclic) bond motifs is 1. The van der Waals surface area contributed by atoms with Gasteiger partial charge in [-0.1, -0.05) is 18.2 Å². The summed E-state index contributed by atoms with van der Waals surface area (Å²) >= 11 is 0. The lowest BCUT2D eigenvalue weighted by Crippen LogP contribution is -2.45. The molecule has 0 radical (unpaired) electrons. The van der Waals surface area contributed by atoms with Crippen LogP contribution in [-0.2, 0) is 18.4 Å². The van der Waals surface area contributed by atoms with Crippen molar-refractivity contribution in [2.45, 2.75) is 38.2 Å². The predicted molar refractivity (Wildman–Crippen MR) is 82.0 cm³/mol. The van der Waals surface area contributed by atoms with Gasteiger partial charge in [0.2, 0.25) is 0 Å². The van der Waals surface area contributed by atoms with E-state index in [1.807, 2.05) is 6.92 Å². The molecule has 3 nitrogen and oxygen atoms in total. The molecule has 0 amide bonds. The summed E-state index contributed by atoms with van der Waals surface area (Å²) in [4.78, 5) is 2.44. The highest BCUT2D eigenvalue weighted by atomic mass is 16.3. The number of benzene rings is 1. The van der Waals surface area contributed by atoms with Gasteiger partial charge in [0.1, 0.15) is 0 Å². The number of rotatable bonds is 4. The number of nitrogens with one attached hydrogen (secondary N) is 1. The number of piperazine rings is 1. The van der Waals surface area contributed by atoms with Crippen LogP contribution in [0.1, 0.15) is 36.5 Å². The quantitative estimate of drug-likeness (QED) is 0.877. The van der Waals surface area contributed by atoms with Gasteiger partial charge in [-0.3, -0.25) is 0 Å². The van der Waals surface area contributed by atoms with E-state index >= 15 is 0 Å². The van der Waals surface area contributed by atoms with Gasteiger partial charge >= 0.3 is 0 Å². The average Bonchev–Trinajstić information content (AvgIpc) is 2.94. The van der Waals surface area contributed by atoms with Gasteiger partial charge in [-0.05, 0) is 49.3 Å². The van der Waals surface area contributed by atoms with Gasteiger partial charge in [-0.25, -0.2) is 0 Å². The van der Waals surface area contributed by atoms with Crippen LogP contribution in [-0.4, -0.2) is 42.7 Å². The number of hydrogen-bond donors (Lipinski definition) is 2. The van der Waals surface area contributed by atoms with Gasteiger partial charge in [0.25, 0.3) is 0 Å². The van der Waals surface area contributed by atoms with E-state index in [4.69, 9.17) is 0 Å². The Hall–Kier alpha value is -0.900. The Labute approximate surface area is 122 Å². The second-order valence-electron chi connectivity index (χ2n) is 6.45. The lowest BCUT2D eigenvalue weighted by molar-refractivity contribution is 0.0344. The molecule has 0 spiro atoms. The van der Waals surface area contributed by atoms with Crippen molar-refractivity contribution >= 4 is 0 Å². The van der Waals surface area contributed by atoms with E-state index in [1.165, 1.54) is 30.4 Å². The molecule has 1 saturated heterocycles. The molecule has 2 aliphatic rings. The highest BCUT2D eigenvalue weighted by molar-refractivity contribution is 5.37. The third-order valence-corrected chi connectivity index (χ3v) is 4.84. The largest absolute Gasteiger partial charge is 0.385 e. The first-order chi connectivity index (χ1) is 9.65. The molecule has 1 heterocycles. The SMILES string of the molecule is CC(O)(CCN1CCNCC1)c1ccc2c(c1)CCC2. The lowest BCUT2D eigenvalue weighted by atomic mass is 9.90. The Kier molecular flexibility index (Phi) is 4.11. The van der Waals surface area contributed by atoms with Crippen LogP contribution in [0.4, 0.5) is 0 Å². The standard InChI is InChI=1S/C17H26N2O/c1-17(20,7-10-19-11-8-18-9-12-19)16-6-5-14-3-2-4-15(14)13-16/h5-6,13,18,20H,2-4,7-12H2,1H3. The highest BCUT2D eigenvalue weighted by Crippen LogP contribution is 2.30. The van der Waals surface area contributed by atoms with Crippen molar-refractivity contribution in [3.63, 3.8) is 0 Å². The van der Waals surface area contributed by atoms with Gasteiger partial charge < -0.3 is 15.3 Å². The third kappa shape index (κ3) is 3.05. The van der Waals surface area contributed by atoms with Crippen molar-refractivity contribution in [1.29, 1.82) is 0 Å². The fourth-order valence-corrected chi connectivity index (χ4v) is 3.36. The topological polar surface area (TPSA) is 35.5 Å². The van der Waals surface area contributed by atoms with Crippen molar-refractivity contribution in [2.24, 2.45) is 0 Å². The molecule has 0 saturated carbocycles. The molecule has 1 aliphatic carbocycles. The first-order valence-electron chi connectivity index (χ1n) is 7.93. The fraction of sp³-hybridized carbons (Fsp3) is 0.647. The van der Waals surface area contributed by atoms with Crippen molar-refractivity contribution in [1.82, 2.24) is 10.2 Å². The van der Waals surface area contributed by atoms with E-state index in [1.54, 1.807) is 0 Å². The van der Waals surface area contributed by atoms with Gasteiger partial charge in [-0.15, -0.1) is 0 Å². The summed E-state index contributed by atoms with van der Waals surface area (Å²) in [6, 6.07) is 6.58. The molecule has 2 N–H and O–H groups in total. The van der Waals surface area contributed by atoms with E-state index in [9.17, 15) is 5.11 Å². The van der Waals surface area contributed by atoms with Gasteiger partial charge in [0, 0.05) is 32.7 Å². The molecule has 0 aromatic heterocycles. The Morgan fingerprint density at radius 2 is 1.95 bits per heavy atom. The van der Waals surface area contributed by atoms with Gasteiger partial charge in [0.05, 0.1) is 5.60 Å². The summed E-state index contributed by atoms with van der Waals surface area (Å²) in [7, 11) is 0. The average molecular weight is 274 g/mol. The molecule has 1 aromatic rings. The summed E-state index contributed by atoms with van der Waals surface area (Å²) in [5.74, 6) is 0. The molecule has 1 atom stereocenters. The molecule has 110 valence electrons. The molecule has 1 aliphatic heterocycles. The number of aryl methyl sites for hydroxylation is 2. The molecule has 3 rings (SSSR count).